The second-order valence-corrected chi connectivity index (χ2v) is 5.96. The molecule has 0 radical (unpaired) electrons. The van der Waals surface area contributed by atoms with Crippen LogP contribution in [0.1, 0.15) is 39.5 Å². The van der Waals surface area contributed by atoms with Crippen LogP contribution in [0.15, 0.2) is 0 Å². The number of aliphatic hydroxyl groups excluding tert-OH is 1. The molecule has 5 N–H and O–H groups in total. The molecule has 0 amide bonds. The Morgan fingerprint density at radius 3 is 2.43 bits per heavy atom. The van der Waals surface area contributed by atoms with Crippen LogP contribution in [-0.2, 0) is 0 Å². The molecule has 118 valence electrons. The monoisotopic (exact) mass is 295 g/mol. The minimum atomic E-state index is -0.304. The summed E-state index contributed by atoms with van der Waals surface area (Å²) in [6.07, 6.45) is 4.15. The number of hydrazine groups is 1. The fraction of sp³-hybridized carbons (Fsp3) is 0.769. The summed E-state index contributed by atoms with van der Waals surface area (Å²) in [7, 11) is 0. The lowest BCUT2D eigenvalue weighted by atomic mass is 10.0. The van der Waals surface area contributed by atoms with E-state index in [2.05, 4.69) is 30.6 Å². The highest BCUT2D eigenvalue weighted by Gasteiger charge is 2.21. The van der Waals surface area contributed by atoms with Gasteiger partial charge in [0.2, 0.25) is 17.8 Å². The van der Waals surface area contributed by atoms with Crippen molar-refractivity contribution in [1.29, 1.82) is 0 Å². The third kappa shape index (κ3) is 4.40. The minimum Gasteiger partial charge on any atom is -0.396 e. The number of piperidine rings is 1. The number of nitrogen functional groups attached to an aromatic ring is 1. The van der Waals surface area contributed by atoms with E-state index in [0.29, 0.717) is 24.3 Å². The lowest BCUT2D eigenvalue weighted by molar-refractivity contribution is 0.260. The van der Waals surface area contributed by atoms with Crippen molar-refractivity contribution >= 4 is 17.8 Å². The van der Waals surface area contributed by atoms with Crippen molar-refractivity contribution in [3.63, 3.8) is 0 Å². The molecule has 1 saturated heterocycles. The summed E-state index contributed by atoms with van der Waals surface area (Å²) >= 11 is 0. The van der Waals surface area contributed by atoms with Crippen LogP contribution in [0.5, 0.6) is 0 Å². The molecule has 1 aromatic heterocycles. The van der Waals surface area contributed by atoms with E-state index in [-0.39, 0.29) is 12.1 Å². The lowest BCUT2D eigenvalue weighted by Crippen LogP contribution is -2.35. The molecule has 0 aromatic carbocycles. The summed E-state index contributed by atoms with van der Waals surface area (Å²) in [6, 6.07) is 0. The number of anilines is 3. The van der Waals surface area contributed by atoms with Crippen molar-refractivity contribution < 1.29 is 5.11 Å². The van der Waals surface area contributed by atoms with Crippen LogP contribution in [0.4, 0.5) is 17.8 Å². The zero-order chi connectivity index (χ0) is 15.3. The molecule has 0 atom stereocenters. The van der Waals surface area contributed by atoms with Crippen LogP contribution in [0.3, 0.4) is 0 Å². The number of nitrogens with two attached hydrogens (primary N) is 1. The summed E-state index contributed by atoms with van der Waals surface area (Å²) < 4.78 is 0. The summed E-state index contributed by atoms with van der Waals surface area (Å²) in [5, 5.41) is 12.3. The van der Waals surface area contributed by atoms with Crippen LogP contribution in [0.25, 0.3) is 0 Å². The molecule has 8 nitrogen and oxygen atoms in total. The molecule has 1 fully saturated rings. The zero-order valence-electron chi connectivity index (χ0n) is 12.8. The molecule has 2 heterocycles. The first kappa shape index (κ1) is 15.7. The number of nitrogens with one attached hydrogen (secondary N) is 2. The number of hydrogen-bond acceptors (Lipinski definition) is 8. The first-order chi connectivity index (χ1) is 10.0. The van der Waals surface area contributed by atoms with Crippen molar-refractivity contribution in [1.82, 2.24) is 15.0 Å². The molecular formula is C13H25N7O. The van der Waals surface area contributed by atoms with Gasteiger partial charge in [-0.3, -0.25) is 5.43 Å². The van der Waals surface area contributed by atoms with Gasteiger partial charge in [0, 0.05) is 25.2 Å². The van der Waals surface area contributed by atoms with Gasteiger partial charge >= 0.3 is 0 Å². The Hall–Kier alpha value is -1.67. The maximum absolute atomic E-state index is 9.11. The summed E-state index contributed by atoms with van der Waals surface area (Å²) in [5.74, 6) is 6.90. The Bertz CT molecular complexity index is 460. The maximum Gasteiger partial charge on any atom is 0.243 e. The van der Waals surface area contributed by atoms with Gasteiger partial charge in [-0.15, -0.1) is 0 Å². The molecular weight excluding hydrogens is 270 g/mol. The van der Waals surface area contributed by atoms with E-state index in [1.54, 1.807) is 0 Å². The SMILES string of the molecule is CC(C)(CCO)Nc1nc(NN)nc(N2CCCCC2)n1. The van der Waals surface area contributed by atoms with Gasteiger partial charge < -0.3 is 15.3 Å². The van der Waals surface area contributed by atoms with Crippen LogP contribution < -0.4 is 21.5 Å². The third-order valence-electron chi connectivity index (χ3n) is 3.58. The van der Waals surface area contributed by atoms with Crippen LogP contribution >= 0.6 is 0 Å². The largest absolute Gasteiger partial charge is 0.396 e. The van der Waals surface area contributed by atoms with Crippen molar-refractivity contribution in [2.24, 2.45) is 5.84 Å². The second kappa shape index (κ2) is 6.86. The Kier molecular flexibility index (Phi) is 5.13. The number of aromatic nitrogens is 3. The number of aliphatic hydroxyl groups is 1. The van der Waals surface area contributed by atoms with Gasteiger partial charge in [-0.2, -0.15) is 15.0 Å². The Morgan fingerprint density at radius 1 is 1.14 bits per heavy atom. The van der Waals surface area contributed by atoms with Gasteiger partial charge in [0.15, 0.2) is 0 Å². The van der Waals surface area contributed by atoms with E-state index in [4.69, 9.17) is 10.9 Å². The Morgan fingerprint density at radius 2 is 1.81 bits per heavy atom. The van der Waals surface area contributed by atoms with Gasteiger partial charge in [-0.25, -0.2) is 5.84 Å². The quantitative estimate of drug-likeness (QED) is 0.448. The van der Waals surface area contributed by atoms with Gasteiger partial charge in [-0.05, 0) is 39.5 Å². The standard InChI is InChI=1S/C13H25N7O/c1-13(2,6-9-21)18-10-15-11(19-14)17-12(16-10)20-7-4-3-5-8-20/h21H,3-9,14H2,1-2H3,(H2,15,16,17,18,19). The normalized spacial score (nSPS) is 15.9. The minimum absolute atomic E-state index is 0.103. The lowest BCUT2D eigenvalue weighted by Gasteiger charge is -2.29. The molecule has 0 bridgehead atoms. The number of nitrogens with zero attached hydrogens (tertiary/aromatic N) is 4. The highest BCUT2D eigenvalue weighted by atomic mass is 16.3. The average Bonchev–Trinajstić information content (AvgIpc) is 2.47. The van der Waals surface area contributed by atoms with Crippen LogP contribution in [0, 0.1) is 0 Å². The van der Waals surface area contributed by atoms with Gasteiger partial charge in [0.25, 0.3) is 0 Å². The number of hydrogen-bond donors (Lipinski definition) is 4. The highest BCUT2D eigenvalue weighted by Crippen LogP contribution is 2.20. The Labute approximate surface area is 125 Å². The van der Waals surface area contributed by atoms with E-state index in [9.17, 15) is 0 Å². The predicted molar refractivity (Wildman–Crippen MR) is 83.1 cm³/mol. The molecule has 1 aromatic rings. The summed E-state index contributed by atoms with van der Waals surface area (Å²) in [4.78, 5) is 15.2. The second-order valence-electron chi connectivity index (χ2n) is 5.96. The van der Waals surface area contributed by atoms with Crippen molar-refractivity contribution in [3.8, 4) is 0 Å². The molecule has 1 aliphatic rings. The molecule has 0 spiro atoms. The molecule has 0 aliphatic carbocycles. The van der Waals surface area contributed by atoms with Crippen molar-refractivity contribution in [3.05, 3.63) is 0 Å². The Balaban J connectivity index is 2.20. The first-order valence-corrected chi connectivity index (χ1v) is 7.41. The molecule has 8 heteroatoms. The van der Waals surface area contributed by atoms with Gasteiger partial charge in [0.1, 0.15) is 0 Å². The molecule has 0 unspecified atom stereocenters. The third-order valence-corrected chi connectivity index (χ3v) is 3.58. The van der Waals surface area contributed by atoms with Gasteiger partial charge in [-0.1, -0.05) is 0 Å². The molecule has 2 rings (SSSR count). The van der Waals surface area contributed by atoms with Crippen LogP contribution in [-0.4, -0.2) is 45.3 Å². The zero-order valence-corrected chi connectivity index (χ0v) is 12.8. The highest BCUT2D eigenvalue weighted by molar-refractivity contribution is 5.44. The van der Waals surface area contributed by atoms with E-state index < -0.39 is 0 Å². The van der Waals surface area contributed by atoms with Crippen LogP contribution in [0.2, 0.25) is 0 Å². The van der Waals surface area contributed by atoms with Crippen molar-refractivity contribution in [2.45, 2.75) is 45.1 Å². The molecule has 1 aliphatic heterocycles. The smallest absolute Gasteiger partial charge is 0.243 e. The van der Waals surface area contributed by atoms with E-state index in [0.717, 1.165) is 25.9 Å². The fourth-order valence-electron chi connectivity index (χ4n) is 2.37. The predicted octanol–water partition coefficient (Wildman–Crippen LogP) is 0.720. The average molecular weight is 295 g/mol. The van der Waals surface area contributed by atoms with E-state index >= 15 is 0 Å². The summed E-state index contributed by atoms with van der Waals surface area (Å²) in [5.41, 5.74) is 2.18. The van der Waals surface area contributed by atoms with E-state index in [1.165, 1.54) is 6.42 Å². The van der Waals surface area contributed by atoms with Gasteiger partial charge in [0.05, 0.1) is 0 Å². The van der Waals surface area contributed by atoms with Crippen molar-refractivity contribution in [2.75, 3.05) is 35.3 Å². The first-order valence-electron chi connectivity index (χ1n) is 7.41. The molecule has 0 saturated carbocycles. The van der Waals surface area contributed by atoms with E-state index in [1.807, 2.05) is 13.8 Å². The molecule has 21 heavy (non-hydrogen) atoms. The maximum atomic E-state index is 9.11. The summed E-state index contributed by atoms with van der Waals surface area (Å²) in [6.45, 7) is 5.99. The fourth-order valence-corrected chi connectivity index (χ4v) is 2.37. The number of rotatable bonds is 6. The topological polar surface area (TPSA) is 112 Å².